The molecule has 3 nitrogen and oxygen atoms in total. The van der Waals surface area contributed by atoms with Crippen molar-refractivity contribution in [2.45, 2.75) is 18.6 Å². The number of benzene rings is 1. The number of rotatable bonds is 8. The van der Waals surface area contributed by atoms with E-state index in [0.29, 0.717) is 18.7 Å². The molecule has 0 spiro atoms. The molecule has 0 aliphatic rings. The lowest BCUT2D eigenvalue weighted by molar-refractivity contribution is -0.137. The Labute approximate surface area is 124 Å². The van der Waals surface area contributed by atoms with Gasteiger partial charge < -0.3 is 15.0 Å². The Bertz CT molecular complexity index is 424. The van der Waals surface area contributed by atoms with Crippen LogP contribution in [0.15, 0.2) is 24.3 Å². The zero-order valence-electron chi connectivity index (χ0n) is 12.7. The first-order valence-corrected chi connectivity index (χ1v) is 6.90. The molecule has 1 aromatic carbocycles. The van der Waals surface area contributed by atoms with Gasteiger partial charge in [0.25, 0.3) is 0 Å². The number of nitrogens with zero attached hydrogens (tertiary/aromatic N) is 1. The first kappa shape index (κ1) is 17.9. The highest BCUT2D eigenvalue weighted by atomic mass is 19.4. The van der Waals surface area contributed by atoms with Gasteiger partial charge in [0.1, 0.15) is 0 Å². The Morgan fingerprint density at radius 2 is 2.05 bits per heavy atom. The molecule has 0 fully saturated rings. The first-order valence-electron chi connectivity index (χ1n) is 6.90. The van der Waals surface area contributed by atoms with Gasteiger partial charge in [0.05, 0.1) is 5.56 Å². The van der Waals surface area contributed by atoms with Crippen molar-refractivity contribution in [1.29, 1.82) is 0 Å². The average molecular weight is 304 g/mol. The molecular formula is C15H23F3N2O. The summed E-state index contributed by atoms with van der Waals surface area (Å²) in [5.41, 5.74) is 0.0354. The van der Waals surface area contributed by atoms with E-state index in [1.807, 2.05) is 7.05 Å². The van der Waals surface area contributed by atoms with Crippen LogP contribution in [0.2, 0.25) is 0 Å². The van der Waals surface area contributed by atoms with E-state index in [4.69, 9.17) is 4.74 Å². The minimum Gasteiger partial charge on any atom is -0.385 e. The summed E-state index contributed by atoms with van der Waals surface area (Å²) in [4.78, 5) is 2.08. The summed E-state index contributed by atoms with van der Waals surface area (Å²) in [6.45, 7) is 2.16. The van der Waals surface area contributed by atoms with Crippen LogP contribution in [-0.2, 0) is 10.9 Å². The van der Waals surface area contributed by atoms with Crippen LogP contribution in [0, 0.1) is 0 Å². The zero-order valence-corrected chi connectivity index (χ0v) is 12.7. The highest BCUT2D eigenvalue weighted by Gasteiger charge is 2.30. The molecular weight excluding hydrogens is 281 g/mol. The van der Waals surface area contributed by atoms with Crippen molar-refractivity contribution in [3.05, 3.63) is 35.4 Å². The molecule has 0 bridgehead atoms. The molecule has 0 aromatic heterocycles. The highest BCUT2D eigenvalue weighted by Crippen LogP contribution is 2.30. The largest absolute Gasteiger partial charge is 0.416 e. The van der Waals surface area contributed by atoms with E-state index in [1.54, 1.807) is 20.2 Å². The molecule has 0 saturated heterocycles. The molecule has 1 unspecified atom stereocenters. The summed E-state index contributed by atoms with van der Waals surface area (Å²) in [5, 5.41) is 3.08. The summed E-state index contributed by atoms with van der Waals surface area (Å²) in [6.07, 6.45) is -3.41. The molecule has 0 aliphatic carbocycles. The zero-order chi connectivity index (χ0) is 15.9. The molecule has 0 amide bonds. The van der Waals surface area contributed by atoms with Gasteiger partial charge in [0, 0.05) is 32.8 Å². The second-order valence-electron chi connectivity index (χ2n) is 5.07. The van der Waals surface area contributed by atoms with E-state index in [1.165, 1.54) is 12.1 Å². The Morgan fingerprint density at radius 3 is 2.62 bits per heavy atom. The third kappa shape index (κ3) is 6.03. The van der Waals surface area contributed by atoms with E-state index < -0.39 is 11.7 Å². The molecule has 0 saturated carbocycles. The smallest absolute Gasteiger partial charge is 0.385 e. The van der Waals surface area contributed by atoms with Crippen molar-refractivity contribution in [3.63, 3.8) is 0 Å². The number of methoxy groups -OCH3 is 1. The number of hydrogen-bond acceptors (Lipinski definition) is 3. The summed E-state index contributed by atoms with van der Waals surface area (Å²) >= 11 is 0. The lowest BCUT2D eigenvalue weighted by atomic mass is 10.0. The molecule has 0 aliphatic heterocycles. The Hall–Kier alpha value is -1.11. The Kier molecular flexibility index (Phi) is 7.14. The topological polar surface area (TPSA) is 24.5 Å². The van der Waals surface area contributed by atoms with E-state index in [9.17, 15) is 13.2 Å². The summed E-state index contributed by atoms with van der Waals surface area (Å²) < 4.78 is 43.3. The normalized spacial score (nSPS) is 13.7. The van der Waals surface area contributed by atoms with Crippen molar-refractivity contribution < 1.29 is 17.9 Å². The van der Waals surface area contributed by atoms with E-state index >= 15 is 0 Å². The van der Waals surface area contributed by atoms with Gasteiger partial charge >= 0.3 is 6.18 Å². The third-order valence-corrected chi connectivity index (χ3v) is 3.35. The summed E-state index contributed by atoms with van der Waals surface area (Å²) in [5.74, 6) is 0. The van der Waals surface area contributed by atoms with Crippen molar-refractivity contribution in [2.24, 2.45) is 0 Å². The number of nitrogens with one attached hydrogen (secondary N) is 1. The monoisotopic (exact) mass is 304 g/mol. The number of halogens is 3. The molecule has 1 aromatic rings. The number of alkyl halides is 3. The predicted octanol–water partition coefficient (Wildman–Crippen LogP) is 2.93. The van der Waals surface area contributed by atoms with Crippen LogP contribution in [0.1, 0.15) is 23.6 Å². The molecule has 0 radical (unpaired) electrons. The minimum atomic E-state index is -4.31. The van der Waals surface area contributed by atoms with Crippen LogP contribution in [-0.4, -0.2) is 45.8 Å². The van der Waals surface area contributed by atoms with Crippen molar-refractivity contribution in [2.75, 3.05) is 40.9 Å². The summed E-state index contributed by atoms with van der Waals surface area (Å²) in [7, 11) is 5.36. The first-order chi connectivity index (χ1) is 9.88. The molecule has 1 atom stereocenters. The average Bonchev–Trinajstić information content (AvgIpc) is 2.44. The molecule has 1 N–H and O–H groups in total. The quantitative estimate of drug-likeness (QED) is 0.747. The van der Waals surface area contributed by atoms with Crippen LogP contribution < -0.4 is 5.32 Å². The standard InChI is InChI=1S/C15H23F3N2O/c1-19-14(11-20(2)8-5-9-21-3)12-6-4-7-13(10-12)15(16,17)18/h4,6-7,10,14,19H,5,8-9,11H2,1-3H3. The van der Waals surface area contributed by atoms with Gasteiger partial charge in [-0.05, 0) is 38.2 Å². The number of ether oxygens (including phenoxy) is 1. The van der Waals surface area contributed by atoms with Crippen molar-refractivity contribution in [1.82, 2.24) is 10.2 Å². The molecule has 1 rings (SSSR count). The van der Waals surface area contributed by atoms with Gasteiger partial charge in [0.15, 0.2) is 0 Å². The fraction of sp³-hybridized carbons (Fsp3) is 0.600. The molecule has 6 heteroatoms. The van der Waals surface area contributed by atoms with Crippen LogP contribution >= 0.6 is 0 Å². The Balaban J connectivity index is 2.71. The van der Waals surface area contributed by atoms with Gasteiger partial charge in [-0.3, -0.25) is 0 Å². The van der Waals surface area contributed by atoms with Crippen molar-refractivity contribution >= 4 is 0 Å². The molecule has 21 heavy (non-hydrogen) atoms. The second-order valence-corrected chi connectivity index (χ2v) is 5.07. The molecule has 0 heterocycles. The van der Waals surface area contributed by atoms with Gasteiger partial charge in [0.2, 0.25) is 0 Å². The van der Waals surface area contributed by atoms with E-state index in [2.05, 4.69) is 10.2 Å². The van der Waals surface area contributed by atoms with Crippen LogP contribution in [0.4, 0.5) is 13.2 Å². The number of hydrogen-bond donors (Lipinski definition) is 1. The maximum atomic E-state index is 12.8. The van der Waals surface area contributed by atoms with Gasteiger partial charge in [-0.15, -0.1) is 0 Å². The Morgan fingerprint density at radius 1 is 1.33 bits per heavy atom. The fourth-order valence-electron chi connectivity index (χ4n) is 2.18. The van der Waals surface area contributed by atoms with Crippen LogP contribution in [0.25, 0.3) is 0 Å². The van der Waals surface area contributed by atoms with Crippen molar-refractivity contribution in [3.8, 4) is 0 Å². The minimum absolute atomic E-state index is 0.139. The number of likely N-dealkylation sites (N-methyl/N-ethyl adjacent to an activating group) is 2. The maximum Gasteiger partial charge on any atom is 0.416 e. The van der Waals surface area contributed by atoms with Crippen LogP contribution in [0.3, 0.4) is 0 Å². The van der Waals surface area contributed by atoms with Crippen LogP contribution in [0.5, 0.6) is 0 Å². The fourth-order valence-corrected chi connectivity index (χ4v) is 2.18. The third-order valence-electron chi connectivity index (χ3n) is 3.35. The second kappa shape index (κ2) is 8.36. The maximum absolute atomic E-state index is 12.8. The van der Waals surface area contributed by atoms with E-state index in [0.717, 1.165) is 19.0 Å². The van der Waals surface area contributed by atoms with Gasteiger partial charge in [-0.25, -0.2) is 0 Å². The highest BCUT2D eigenvalue weighted by molar-refractivity contribution is 5.28. The lowest BCUT2D eigenvalue weighted by Gasteiger charge is -2.24. The summed E-state index contributed by atoms with van der Waals surface area (Å²) in [6, 6.07) is 5.34. The van der Waals surface area contributed by atoms with Gasteiger partial charge in [-0.2, -0.15) is 13.2 Å². The lowest BCUT2D eigenvalue weighted by Crippen LogP contribution is -2.32. The predicted molar refractivity (Wildman–Crippen MR) is 77.2 cm³/mol. The van der Waals surface area contributed by atoms with E-state index in [-0.39, 0.29) is 6.04 Å². The van der Waals surface area contributed by atoms with Gasteiger partial charge in [-0.1, -0.05) is 12.1 Å². The molecule has 120 valence electrons. The SMILES string of the molecule is CNC(CN(C)CCCOC)c1cccc(C(F)(F)F)c1.